The van der Waals surface area contributed by atoms with Gasteiger partial charge < -0.3 is 15.2 Å². The Morgan fingerprint density at radius 3 is 2.24 bits per heavy atom. The van der Waals surface area contributed by atoms with Crippen LogP contribution in [0.5, 0.6) is 11.5 Å². The highest BCUT2D eigenvalue weighted by Crippen LogP contribution is 2.38. The minimum Gasteiger partial charge on any atom is -0.496 e. The van der Waals surface area contributed by atoms with E-state index in [1.54, 1.807) is 7.11 Å². The third kappa shape index (κ3) is 4.00. The van der Waals surface area contributed by atoms with Crippen LogP contribution >= 0.6 is 47.8 Å². The van der Waals surface area contributed by atoms with Crippen LogP contribution in [0.1, 0.15) is 11.7 Å². The second-order valence-corrected chi connectivity index (χ2v) is 6.84. The van der Waals surface area contributed by atoms with E-state index in [0.717, 1.165) is 24.7 Å². The Balaban J connectivity index is 2.31. The molecule has 0 saturated carbocycles. The average Bonchev–Trinajstić information content (AvgIpc) is 2.48. The first-order valence-electron chi connectivity index (χ1n) is 6.21. The summed E-state index contributed by atoms with van der Waals surface area (Å²) < 4.78 is 13.9. The largest absolute Gasteiger partial charge is 0.496 e. The fraction of sp³-hybridized carbons (Fsp3) is 0.200. The van der Waals surface area contributed by atoms with Crippen LogP contribution < -0.4 is 15.2 Å². The van der Waals surface area contributed by atoms with E-state index in [2.05, 4.69) is 47.8 Å². The molecule has 0 fully saturated rings. The molecule has 1 unspecified atom stereocenters. The van der Waals surface area contributed by atoms with Crippen molar-refractivity contribution in [3.63, 3.8) is 0 Å². The van der Waals surface area contributed by atoms with Crippen molar-refractivity contribution in [1.29, 1.82) is 0 Å². The monoisotopic (exact) mass is 477 g/mol. The second kappa shape index (κ2) is 7.63. The van der Waals surface area contributed by atoms with Gasteiger partial charge >= 0.3 is 0 Å². The predicted molar refractivity (Wildman–Crippen MR) is 95.0 cm³/mol. The lowest BCUT2D eigenvalue weighted by molar-refractivity contribution is 0.211. The molecule has 3 nitrogen and oxygen atoms in total. The van der Waals surface area contributed by atoms with Crippen molar-refractivity contribution < 1.29 is 9.47 Å². The molecule has 0 aliphatic carbocycles. The topological polar surface area (TPSA) is 44.5 Å². The van der Waals surface area contributed by atoms with Gasteiger partial charge in [0.15, 0.2) is 0 Å². The van der Waals surface area contributed by atoms with Gasteiger partial charge in [0.25, 0.3) is 0 Å². The first kappa shape index (κ1) is 16.8. The summed E-state index contributed by atoms with van der Waals surface area (Å²) in [6.07, 6.45) is -0.239. The Morgan fingerprint density at radius 1 is 1.00 bits per heavy atom. The van der Waals surface area contributed by atoms with E-state index in [0.29, 0.717) is 12.3 Å². The Kier molecular flexibility index (Phi) is 6.10. The van der Waals surface area contributed by atoms with Crippen molar-refractivity contribution >= 4 is 47.8 Å². The van der Waals surface area contributed by atoms with Gasteiger partial charge in [-0.3, -0.25) is 0 Å². The first-order chi connectivity index (χ1) is 10.1. The van der Waals surface area contributed by atoms with E-state index in [9.17, 15) is 0 Å². The maximum Gasteiger partial charge on any atom is 0.137 e. The van der Waals surface area contributed by atoms with Crippen LogP contribution in [0, 0.1) is 0 Å². The molecule has 2 aromatic carbocycles. The molecule has 0 bridgehead atoms. The lowest BCUT2D eigenvalue weighted by Crippen LogP contribution is -2.19. The number of ether oxygens (including phenoxy) is 2. The number of methoxy groups -OCH3 is 1. The van der Waals surface area contributed by atoms with Gasteiger partial charge in [0.05, 0.1) is 16.1 Å². The summed E-state index contributed by atoms with van der Waals surface area (Å²) in [6.45, 7) is 0.374. The van der Waals surface area contributed by atoms with Crippen LogP contribution in [-0.4, -0.2) is 13.7 Å². The van der Waals surface area contributed by atoms with Crippen LogP contribution in [0.3, 0.4) is 0 Å². The smallest absolute Gasteiger partial charge is 0.137 e. The summed E-state index contributed by atoms with van der Waals surface area (Å²) in [5, 5.41) is 0. The van der Waals surface area contributed by atoms with Crippen LogP contribution in [0.25, 0.3) is 0 Å². The van der Waals surface area contributed by atoms with Crippen LogP contribution in [0.2, 0.25) is 0 Å². The zero-order chi connectivity index (χ0) is 15.4. The molecule has 0 aliphatic rings. The summed E-state index contributed by atoms with van der Waals surface area (Å²) in [4.78, 5) is 0. The summed E-state index contributed by atoms with van der Waals surface area (Å²) in [5.74, 6) is 1.44. The highest BCUT2D eigenvalue weighted by atomic mass is 79.9. The van der Waals surface area contributed by atoms with Crippen molar-refractivity contribution in [3.05, 3.63) is 55.4 Å². The molecule has 0 heterocycles. The zero-order valence-electron chi connectivity index (χ0n) is 11.3. The van der Waals surface area contributed by atoms with Gasteiger partial charge in [0.2, 0.25) is 0 Å². The molecule has 2 N–H and O–H groups in total. The highest BCUT2D eigenvalue weighted by molar-refractivity contribution is 9.11. The minimum absolute atomic E-state index is 0.239. The molecule has 112 valence electrons. The van der Waals surface area contributed by atoms with Gasteiger partial charge in [-0.05, 0) is 50.1 Å². The van der Waals surface area contributed by atoms with Crippen LogP contribution in [0.4, 0.5) is 0 Å². The first-order valence-corrected chi connectivity index (χ1v) is 8.59. The Bertz CT molecular complexity index is 634. The predicted octanol–water partition coefficient (Wildman–Crippen LogP) is 5.06. The number of hydrogen-bond donors (Lipinski definition) is 1. The van der Waals surface area contributed by atoms with Crippen molar-refractivity contribution in [2.45, 2.75) is 6.10 Å². The number of halogens is 3. The lowest BCUT2D eigenvalue weighted by Gasteiger charge is -2.20. The second-order valence-electron chi connectivity index (χ2n) is 4.28. The number of rotatable bonds is 5. The van der Waals surface area contributed by atoms with Crippen molar-refractivity contribution in [2.75, 3.05) is 13.7 Å². The van der Waals surface area contributed by atoms with Gasteiger partial charge in [0, 0.05) is 16.6 Å². The molecule has 1 atom stereocenters. The lowest BCUT2D eigenvalue weighted by atomic mass is 10.1. The van der Waals surface area contributed by atoms with Crippen molar-refractivity contribution in [1.82, 2.24) is 0 Å². The average molecular weight is 480 g/mol. The molecule has 2 aromatic rings. The number of benzene rings is 2. The third-order valence-corrected chi connectivity index (χ3v) is 4.90. The third-order valence-electron chi connectivity index (χ3n) is 2.94. The Hall–Kier alpha value is -0.560. The fourth-order valence-electron chi connectivity index (χ4n) is 1.89. The molecule has 21 heavy (non-hydrogen) atoms. The molecular weight excluding hydrogens is 466 g/mol. The van der Waals surface area contributed by atoms with Gasteiger partial charge in [-0.2, -0.15) is 0 Å². The van der Waals surface area contributed by atoms with Gasteiger partial charge in [0.1, 0.15) is 17.6 Å². The molecule has 6 heteroatoms. The number of hydrogen-bond acceptors (Lipinski definition) is 3. The maximum absolute atomic E-state index is 6.05. The van der Waals surface area contributed by atoms with E-state index in [1.807, 2.05) is 36.4 Å². The molecule has 0 saturated heterocycles. The van der Waals surface area contributed by atoms with E-state index >= 15 is 0 Å². The van der Waals surface area contributed by atoms with E-state index in [4.69, 9.17) is 15.2 Å². The molecule has 0 aromatic heterocycles. The fourth-order valence-corrected chi connectivity index (χ4v) is 3.33. The van der Waals surface area contributed by atoms with E-state index < -0.39 is 0 Å². The van der Waals surface area contributed by atoms with Crippen LogP contribution in [0.15, 0.2) is 49.8 Å². The summed E-state index contributed by atoms with van der Waals surface area (Å²) >= 11 is 10.5. The highest BCUT2D eigenvalue weighted by Gasteiger charge is 2.17. The maximum atomic E-state index is 6.05. The molecule has 0 aliphatic heterocycles. The molecule has 2 rings (SSSR count). The molecule has 0 spiro atoms. The normalized spacial score (nSPS) is 12.0. The SMILES string of the molecule is COc1cc(Br)c(OC(CN)c2ccccc2Br)cc1Br. The van der Waals surface area contributed by atoms with Gasteiger partial charge in [-0.1, -0.05) is 34.1 Å². The number of nitrogens with two attached hydrogens (primary N) is 1. The van der Waals surface area contributed by atoms with E-state index in [1.165, 1.54) is 0 Å². The minimum atomic E-state index is -0.239. The van der Waals surface area contributed by atoms with Gasteiger partial charge in [-0.25, -0.2) is 0 Å². The zero-order valence-corrected chi connectivity index (χ0v) is 16.0. The molecule has 0 amide bonds. The van der Waals surface area contributed by atoms with Crippen LogP contribution in [-0.2, 0) is 0 Å². The Labute approximate surface area is 149 Å². The van der Waals surface area contributed by atoms with Crippen molar-refractivity contribution in [2.24, 2.45) is 5.73 Å². The summed E-state index contributed by atoms with van der Waals surface area (Å²) in [5.41, 5.74) is 6.88. The molecule has 0 radical (unpaired) electrons. The van der Waals surface area contributed by atoms with Crippen molar-refractivity contribution in [3.8, 4) is 11.5 Å². The Morgan fingerprint density at radius 2 is 1.62 bits per heavy atom. The molecular formula is C15H14Br3NO2. The standard InChI is InChI=1S/C15H14Br3NO2/c1-20-13-6-12(18)14(7-11(13)17)21-15(8-19)9-4-2-3-5-10(9)16/h2-7,15H,8,19H2,1H3. The summed E-state index contributed by atoms with van der Waals surface area (Å²) in [6, 6.07) is 11.6. The van der Waals surface area contributed by atoms with Gasteiger partial charge in [-0.15, -0.1) is 0 Å². The quantitative estimate of drug-likeness (QED) is 0.651. The summed E-state index contributed by atoms with van der Waals surface area (Å²) in [7, 11) is 1.62. The van der Waals surface area contributed by atoms with E-state index in [-0.39, 0.29) is 6.10 Å².